The van der Waals surface area contributed by atoms with Gasteiger partial charge in [0, 0.05) is 5.92 Å². The zero-order chi connectivity index (χ0) is 21.0. The molecule has 4 fully saturated rings. The van der Waals surface area contributed by atoms with Gasteiger partial charge in [0.1, 0.15) is 17.2 Å². The van der Waals surface area contributed by atoms with Crippen LogP contribution in [0, 0.1) is 52.3 Å². The van der Waals surface area contributed by atoms with Crippen molar-refractivity contribution < 1.29 is 14.7 Å². The number of Topliss-reactive ketones (excluding diaryl/α,β-unsaturated/α-hetero) is 2. The maximum atomic E-state index is 12.3. The highest BCUT2D eigenvalue weighted by molar-refractivity contribution is 5.79. The second kappa shape index (κ2) is 7.23. The molecule has 160 valence electrons. The molecule has 8 atom stereocenters. The highest BCUT2D eigenvalue weighted by Crippen LogP contribution is 2.68. The van der Waals surface area contributed by atoms with Crippen LogP contribution in [0.5, 0.6) is 0 Å². The Morgan fingerprint density at radius 1 is 0.931 bits per heavy atom. The third kappa shape index (κ3) is 3.40. The first-order valence-electron chi connectivity index (χ1n) is 11.8. The predicted octanol–water partition coefficient (Wildman–Crippen LogP) is 4.95. The number of fused-ring (bicyclic) bond motifs is 5. The molecular formula is C26H38O3. The number of hydrogen-bond acceptors (Lipinski definition) is 3. The largest absolute Gasteiger partial charge is 0.378 e. The van der Waals surface area contributed by atoms with Crippen LogP contribution in [0.2, 0.25) is 0 Å². The number of carbonyl (C=O) groups excluding carboxylic acids is 2. The molecule has 0 radical (unpaired) electrons. The van der Waals surface area contributed by atoms with Crippen LogP contribution < -0.4 is 0 Å². The second-order valence-electron chi connectivity index (χ2n) is 11.4. The Kier molecular flexibility index (Phi) is 5.26. The van der Waals surface area contributed by atoms with E-state index in [2.05, 4.69) is 25.7 Å². The number of ketones is 2. The molecule has 0 aromatic rings. The van der Waals surface area contributed by atoms with Crippen molar-refractivity contribution in [2.24, 2.45) is 40.4 Å². The molecule has 4 rings (SSSR count). The van der Waals surface area contributed by atoms with E-state index in [0.29, 0.717) is 17.6 Å². The average molecular weight is 399 g/mol. The van der Waals surface area contributed by atoms with E-state index in [0.717, 1.165) is 37.5 Å². The first kappa shape index (κ1) is 21.1. The third-order valence-electron chi connectivity index (χ3n) is 9.88. The lowest BCUT2D eigenvalue weighted by molar-refractivity contribution is -0.144. The van der Waals surface area contributed by atoms with Crippen LogP contribution in [0.15, 0.2) is 0 Å². The van der Waals surface area contributed by atoms with Crippen LogP contribution in [-0.2, 0) is 9.59 Å². The minimum Gasteiger partial charge on any atom is -0.378 e. The highest BCUT2D eigenvalue weighted by atomic mass is 16.3. The van der Waals surface area contributed by atoms with E-state index in [-0.39, 0.29) is 29.0 Å². The summed E-state index contributed by atoms with van der Waals surface area (Å²) in [5.41, 5.74) is -0.417. The van der Waals surface area contributed by atoms with E-state index in [1.807, 2.05) is 0 Å². The molecular weight excluding hydrogens is 360 g/mol. The molecule has 0 saturated heterocycles. The highest BCUT2D eigenvalue weighted by Gasteiger charge is 2.61. The summed E-state index contributed by atoms with van der Waals surface area (Å²) in [6, 6.07) is 0. The molecule has 4 aliphatic carbocycles. The minimum atomic E-state index is -0.914. The Morgan fingerprint density at radius 2 is 1.66 bits per heavy atom. The van der Waals surface area contributed by atoms with E-state index in [1.165, 1.54) is 32.1 Å². The Hall–Kier alpha value is -1.14. The summed E-state index contributed by atoms with van der Waals surface area (Å²) in [6.07, 6.45) is 9.92. The van der Waals surface area contributed by atoms with Crippen molar-refractivity contribution in [3.8, 4) is 11.8 Å². The van der Waals surface area contributed by atoms with Gasteiger partial charge < -0.3 is 5.11 Å². The van der Waals surface area contributed by atoms with Gasteiger partial charge in [-0.3, -0.25) is 9.59 Å². The number of carbonyl (C=O) groups is 2. The standard InChI is InChI=1S/C26H38O3/c1-17(27)6-5-12-26(29)15-14-24(3)19(16-26)7-8-20-22-10-9-21(18(2)28)25(22,4)13-11-23(20)24/h19-23,29H,6-11,13-16H2,1-4H3/t19-,20+,21-,22+,23+,24+,25-,26-/m1/s1. The van der Waals surface area contributed by atoms with E-state index >= 15 is 0 Å². The molecule has 0 amide bonds. The Labute approximate surface area is 176 Å². The van der Waals surface area contributed by atoms with Crippen LogP contribution in [0.3, 0.4) is 0 Å². The van der Waals surface area contributed by atoms with Crippen molar-refractivity contribution in [3.63, 3.8) is 0 Å². The predicted molar refractivity (Wildman–Crippen MR) is 114 cm³/mol. The summed E-state index contributed by atoms with van der Waals surface area (Å²) in [4.78, 5) is 23.5. The fourth-order valence-corrected chi connectivity index (χ4v) is 8.36. The average Bonchev–Trinajstić information content (AvgIpc) is 2.99. The van der Waals surface area contributed by atoms with Crippen LogP contribution >= 0.6 is 0 Å². The summed E-state index contributed by atoms with van der Waals surface area (Å²) < 4.78 is 0. The van der Waals surface area contributed by atoms with Crippen molar-refractivity contribution >= 4 is 11.6 Å². The van der Waals surface area contributed by atoms with Gasteiger partial charge in [-0.1, -0.05) is 25.7 Å². The molecule has 4 aliphatic rings. The van der Waals surface area contributed by atoms with Gasteiger partial charge in [-0.05, 0) is 106 Å². The summed E-state index contributed by atoms with van der Waals surface area (Å²) >= 11 is 0. The summed E-state index contributed by atoms with van der Waals surface area (Å²) in [5.74, 6) is 9.41. The monoisotopic (exact) mass is 398 g/mol. The molecule has 0 unspecified atom stereocenters. The van der Waals surface area contributed by atoms with Gasteiger partial charge in [-0.15, -0.1) is 0 Å². The molecule has 29 heavy (non-hydrogen) atoms. The Balaban J connectivity index is 1.53. The molecule has 0 bridgehead atoms. The fraction of sp³-hybridized carbons (Fsp3) is 0.846. The Morgan fingerprint density at radius 3 is 2.34 bits per heavy atom. The van der Waals surface area contributed by atoms with Gasteiger partial charge >= 0.3 is 0 Å². The van der Waals surface area contributed by atoms with E-state index < -0.39 is 5.60 Å². The van der Waals surface area contributed by atoms with Crippen molar-refractivity contribution in [3.05, 3.63) is 0 Å². The third-order valence-corrected chi connectivity index (χ3v) is 9.88. The second-order valence-corrected chi connectivity index (χ2v) is 11.4. The van der Waals surface area contributed by atoms with Gasteiger partial charge in [-0.2, -0.15) is 0 Å². The Bertz CT molecular complexity index is 760. The van der Waals surface area contributed by atoms with Gasteiger partial charge in [0.2, 0.25) is 0 Å². The number of aliphatic hydroxyl groups is 1. The van der Waals surface area contributed by atoms with Crippen molar-refractivity contribution in [2.75, 3.05) is 0 Å². The van der Waals surface area contributed by atoms with Crippen molar-refractivity contribution in [2.45, 2.75) is 97.5 Å². The first-order chi connectivity index (χ1) is 13.6. The molecule has 1 N–H and O–H groups in total. The minimum absolute atomic E-state index is 0.0629. The lowest BCUT2D eigenvalue weighted by Crippen LogP contribution is -2.56. The molecule has 0 aliphatic heterocycles. The number of hydrogen-bond donors (Lipinski definition) is 1. The van der Waals surface area contributed by atoms with Crippen LogP contribution in [0.1, 0.15) is 91.9 Å². The molecule has 0 aromatic heterocycles. The fourth-order valence-electron chi connectivity index (χ4n) is 8.36. The molecule has 4 saturated carbocycles. The van der Waals surface area contributed by atoms with E-state index in [4.69, 9.17) is 0 Å². The van der Waals surface area contributed by atoms with E-state index in [9.17, 15) is 14.7 Å². The molecule has 0 aromatic carbocycles. The summed E-state index contributed by atoms with van der Waals surface area (Å²) in [5, 5.41) is 11.1. The zero-order valence-corrected chi connectivity index (χ0v) is 18.7. The summed E-state index contributed by atoms with van der Waals surface area (Å²) in [6.45, 7) is 8.24. The topological polar surface area (TPSA) is 54.4 Å². The van der Waals surface area contributed by atoms with Gasteiger partial charge in [0.15, 0.2) is 0 Å². The van der Waals surface area contributed by atoms with Gasteiger partial charge in [-0.25, -0.2) is 0 Å². The normalized spacial score (nSPS) is 48.5. The molecule has 0 spiro atoms. The van der Waals surface area contributed by atoms with Crippen LogP contribution in [0.4, 0.5) is 0 Å². The lowest BCUT2D eigenvalue weighted by atomic mass is 9.44. The zero-order valence-electron chi connectivity index (χ0n) is 18.7. The smallest absolute Gasteiger partial charge is 0.141 e. The van der Waals surface area contributed by atoms with Crippen LogP contribution in [0.25, 0.3) is 0 Å². The lowest BCUT2D eigenvalue weighted by Gasteiger charge is -2.61. The maximum Gasteiger partial charge on any atom is 0.141 e. The maximum absolute atomic E-state index is 12.3. The van der Waals surface area contributed by atoms with Gasteiger partial charge in [0.05, 0.1) is 6.42 Å². The first-order valence-corrected chi connectivity index (χ1v) is 11.8. The van der Waals surface area contributed by atoms with Crippen molar-refractivity contribution in [1.29, 1.82) is 0 Å². The quantitative estimate of drug-likeness (QED) is 0.670. The molecule has 3 nitrogen and oxygen atoms in total. The number of rotatable bonds is 2. The van der Waals surface area contributed by atoms with Gasteiger partial charge in [0.25, 0.3) is 0 Å². The summed E-state index contributed by atoms with van der Waals surface area (Å²) in [7, 11) is 0. The van der Waals surface area contributed by atoms with Crippen molar-refractivity contribution in [1.82, 2.24) is 0 Å². The van der Waals surface area contributed by atoms with E-state index in [1.54, 1.807) is 13.8 Å². The van der Waals surface area contributed by atoms with Crippen LogP contribution in [-0.4, -0.2) is 22.3 Å². The molecule has 3 heteroatoms. The SMILES string of the molecule is CC(=O)CC#C[C@@]1(O)CC[C@@]2(C)[C@H](CC[C@@H]3[C@@H]2CC[C@]2(C)[C@@H](C(C)=O)CC[C@@H]32)C1. The molecule has 0 heterocycles.